The lowest BCUT2D eigenvalue weighted by atomic mass is 9.94. The van der Waals surface area contributed by atoms with Gasteiger partial charge in [0.2, 0.25) is 5.95 Å². The minimum Gasteiger partial charge on any atom is -0.399 e. The molecule has 0 bridgehead atoms. The first kappa shape index (κ1) is 19.9. The van der Waals surface area contributed by atoms with E-state index in [-0.39, 0.29) is 5.95 Å². The molecular weight excluding hydrogens is 410 g/mol. The van der Waals surface area contributed by atoms with Gasteiger partial charge in [-0.1, -0.05) is 46.7 Å². The largest absolute Gasteiger partial charge is 0.399 e. The van der Waals surface area contributed by atoms with E-state index in [2.05, 4.69) is 26.2 Å². The summed E-state index contributed by atoms with van der Waals surface area (Å²) in [6.45, 7) is 3.03. The standard InChI is InChI=1S/C20H20ClN5O2S/c1-11(26-27-2)6-7-29-20-24-18(23-19(22)25-20)17-14-5-3-4-12-9-28-10-13(16(12)14)8-15(17)21/h3-5,8H,6-7,9-10H2,1-2H3,(H2,22,23,24,25)/b26-11+. The molecule has 2 N–H and O–H groups in total. The molecule has 0 aliphatic carbocycles. The van der Waals surface area contributed by atoms with Gasteiger partial charge in [-0.25, -0.2) is 4.98 Å². The van der Waals surface area contributed by atoms with E-state index in [4.69, 9.17) is 26.9 Å². The van der Waals surface area contributed by atoms with Crippen molar-refractivity contribution in [3.63, 3.8) is 0 Å². The van der Waals surface area contributed by atoms with Crippen LogP contribution < -0.4 is 5.73 Å². The number of nitrogens with two attached hydrogens (primary N) is 1. The van der Waals surface area contributed by atoms with Crippen molar-refractivity contribution in [2.45, 2.75) is 31.7 Å². The van der Waals surface area contributed by atoms with E-state index in [1.165, 1.54) is 18.9 Å². The van der Waals surface area contributed by atoms with Crippen molar-refractivity contribution in [3.8, 4) is 11.4 Å². The van der Waals surface area contributed by atoms with Crippen molar-refractivity contribution in [2.24, 2.45) is 5.16 Å². The fourth-order valence-electron chi connectivity index (χ4n) is 3.39. The number of ether oxygens (including phenoxy) is 1. The van der Waals surface area contributed by atoms with Crippen LogP contribution in [0, 0.1) is 0 Å². The van der Waals surface area contributed by atoms with Gasteiger partial charge in [-0.3, -0.25) is 0 Å². The zero-order chi connectivity index (χ0) is 20.4. The molecule has 3 aromatic rings. The van der Waals surface area contributed by atoms with E-state index in [0.29, 0.717) is 29.2 Å². The smallest absolute Gasteiger partial charge is 0.224 e. The lowest BCUT2D eigenvalue weighted by molar-refractivity contribution is 0.103. The van der Waals surface area contributed by atoms with Crippen LogP contribution in [-0.2, 0) is 22.8 Å². The fraction of sp³-hybridized carbons (Fsp3) is 0.300. The monoisotopic (exact) mass is 429 g/mol. The Morgan fingerprint density at radius 3 is 2.93 bits per heavy atom. The first-order chi connectivity index (χ1) is 14.1. The SMILES string of the molecule is CO/N=C(\C)CCSc1nc(N)nc(-c2c(Cl)cc3c4c(cccc24)COC3)n1. The number of nitrogens with zero attached hydrogens (tertiary/aromatic N) is 4. The van der Waals surface area contributed by atoms with Crippen molar-refractivity contribution >= 4 is 45.8 Å². The molecule has 4 rings (SSSR count). The highest BCUT2D eigenvalue weighted by Crippen LogP contribution is 2.39. The molecule has 9 heteroatoms. The van der Waals surface area contributed by atoms with E-state index in [1.54, 1.807) is 0 Å². The molecule has 1 aliphatic rings. The Hall–Kier alpha value is -2.42. The second kappa shape index (κ2) is 8.52. The predicted octanol–water partition coefficient (Wildman–Crippen LogP) is 4.46. The highest BCUT2D eigenvalue weighted by Gasteiger charge is 2.20. The van der Waals surface area contributed by atoms with E-state index < -0.39 is 0 Å². The number of hydrogen-bond acceptors (Lipinski definition) is 8. The molecule has 2 aromatic carbocycles. The van der Waals surface area contributed by atoms with E-state index in [0.717, 1.165) is 45.3 Å². The molecule has 0 unspecified atom stereocenters. The Balaban J connectivity index is 1.73. The second-order valence-electron chi connectivity index (χ2n) is 6.63. The molecule has 0 radical (unpaired) electrons. The number of oxime groups is 1. The number of rotatable bonds is 6. The van der Waals surface area contributed by atoms with E-state index >= 15 is 0 Å². The molecule has 2 heterocycles. The Labute approximate surface area is 177 Å². The maximum Gasteiger partial charge on any atom is 0.224 e. The second-order valence-corrected chi connectivity index (χ2v) is 8.10. The number of thioether (sulfide) groups is 1. The van der Waals surface area contributed by atoms with Gasteiger partial charge in [-0.05, 0) is 41.3 Å². The summed E-state index contributed by atoms with van der Waals surface area (Å²) in [6, 6.07) is 8.02. The van der Waals surface area contributed by atoms with Crippen LogP contribution in [0.5, 0.6) is 0 Å². The number of halogens is 1. The Morgan fingerprint density at radius 1 is 1.28 bits per heavy atom. The van der Waals surface area contributed by atoms with Crippen LogP contribution in [-0.4, -0.2) is 33.5 Å². The first-order valence-corrected chi connectivity index (χ1v) is 10.4. The predicted molar refractivity (Wildman–Crippen MR) is 116 cm³/mol. The summed E-state index contributed by atoms with van der Waals surface area (Å²) in [5.41, 5.74) is 9.85. The normalized spacial score (nSPS) is 13.7. The van der Waals surface area contributed by atoms with Crippen LogP contribution >= 0.6 is 23.4 Å². The number of aromatic nitrogens is 3. The molecule has 0 fully saturated rings. The van der Waals surface area contributed by atoms with Gasteiger partial charge in [0.25, 0.3) is 0 Å². The lowest BCUT2D eigenvalue weighted by Gasteiger charge is -2.20. The van der Waals surface area contributed by atoms with Crippen LogP contribution in [0.1, 0.15) is 24.5 Å². The summed E-state index contributed by atoms with van der Waals surface area (Å²) in [4.78, 5) is 18.1. The van der Waals surface area contributed by atoms with Crippen LogP contribution in [0.3, 0.4) is 0 Å². The number of hydrogen-bond donors (Lipinski definition) is 1. The average Bonchev–Trinajstić information content (AvgIpc) is 2.68. The van der Waals surface area contributed by atoms with Crippen LogP contribution in [0.2, 0.25) is 5.02 Å². The van der Waals surface area contributed by atoms with Crippen molar-refractivity contribution in [1.29, 1.82) is 0 Å². The van der Waals surface area contributed by atoms with Crippen LogP contribution in [0.15, 0.2) is 34.6 Å². The van der Waals surface area contributed by atoms with Gasteiger partial charge in [0.1, 0.15) is 7.11 Å². The summed E-state index contributed by atoms with van der Waals surface area (Å²) in [6.07, 6.45) is 0.751. The Morgan fingerprint density at radius 2 is 2.10 bits per heavy atom. The number of benzene rings is 2. The van der Waals surface area contributed by atoms with Gasteiger partial charge < -0.3 is 15.3 Å². The molecule has 150 valence electrons. The lowest BCUT2D eigenvalue weighted by Crippen LogP contribution is -2.07. The van der Waals surface area contributed by atoms with Crippen molar-refractivity contribution in [2.75, 3.05) is 18.6 Å². The van der Waals surface area contributed by atoms with Crippen LogP contribution in [0.4, 0.5) is 5.95 Å². The Bertz CT molecular complexity index is 1110. The van der Waals surface area contributed by atoms with Gasteiger partial charge >= 0.3 is 0 Å². The van der Waals surface area contributed by atoms with E-state index in [1.807, 2.05) is 25.1 Å². The maximum absolute atomic E-state index is 6.65. The minimum absolute atomic E-state index is 0.166. The molecule has 1 aromatic heterocycles. The van der Waals surface area contributed by atoms with Gasteiger partial charge in [0.15, 0.2) is 11.0 Å². The Kier molecular flexibility index (Phi) is 5.84. The molecule has 7 nitrogen and oxygen atoms in total. The zero-order valence-electron chi connectivity index (χ0n) is 16.1. The number of anilines is 1. The summed E-state index contributed by atoms with van der Waals surface area (Å²) >= 11 is 8.14. The van der Waals surface area contributed by atoms with Gasteiger partial charge in [-0.2, -0.15) is 9.97 Å². The molecule has 0 saturated carbocycles. The summed E-state index contributed by atoms with van der Waals surface area (Å²) in [7, 11) is 1.53. The summed E-state index contributed by atoms with van der Waals surface area (Å²) in [5, 5.41) is 7.18. The molecule has 1 aliphatic heterocycles. The molecule has 0 saturated heterocycles. The molecule has 0 amide bonds. The molecule has 0 spiro atoms. The zero-order valence-corrected chi connectivity index (χ0v) is 17.7. The quantitative estimate of drug-likeness (QED) is 0.351. The number of nitrogen functional groups attached to an aromatic ring is 1. The molecule has 29 heavy (non-hydrogen) atoms. The van der Waals surface area contributed by atoms with Crippen molar-refractivity contribution in [1.82, 2.24) is 15.0 Å². The van der Waals surface area contributed by atoms with Crippen molar-refractivity contribution in [3.05, 3.63) is 40.4 Å². The fourth-order valence-corrected chi connectivity index (χ4v) is 4.59. The minimum atomic E-state index is 0.166. The van der Waals surface area contributed by atoms with Crippen molar-refractivity contribution < 1.29 is 9.57 Å². The van der Waals surface area contributed by atoms with Gasteiger partial charge in [-0.15, -0.1) is 0 Å². The van der Waals surface area contributed by atoms with E-state index in [9.17, 15) is 0 Å². The summed E-state index contributed by atoms with van der Waals surface area (Å²) in [5.74, 6) is 1.39. The van der Waals surface area contributed by atoms with Crippen LogP contribution in [0.25, 0.3) is 22.2 Å². The third kappa shape index (κ3) is 4.14. The van der Waals surface area contributed by atoms with Gasteiger partial charge in [0.05, 0.1) is 23.9 Å². The third-order valence-electron chi connectivity index (χ3n) is 4.59. The summed E-state index contributed by atoms with van der Waals surface area (Å²) < 4.78 is 5.66. The maximum atomic E-state index is 6.65. The highest BCUT2D eigenvalue weighted by molar-refractivity contribution is 7.99. The average molecular weight is 430 g/mol. The molecular formula is C20H20ClN5O2S. The topological polar surface area (TPSA) is 95.5 Å². The highest BCUT2D eigenvalue weighted by atomic mass is 35.5. The van der Waals surface area contributed by atoms with Gasteiger partial charge in [0, 0.05) is 11.3 Å². The molecule has 0 atom stereocenters. The first-order valence-electron chi connectivity index (χ1n) is 9.09. The third-order valence-corrected chi connectivity index (χ3v) is 5.74.